The zero-order valence-electron chi connectivity index (χ0n) is 16.8. The van der Waals surface area contributed by atoms with Crippen molar-refractivity contribution in [1.29, 1.82) is 0 Å². The van der Waals surface area contributed by atoms with Crippen LogP contribution in [0.5, 0.6) is 0 Å². The summed E-state index contributed by atoms with van der Waals surface area (Å²) >= 11 is 0. The first-order chi connectivity index (χ1) is 13.9. The second kappa shape index (κ2) is 7.59. The number of likely N-dealkylation sites (tertiary alicyclic amines) is 2. The first kappa shape index (κ1) is 19.6. The molecule has 154 valence electrons. The third-order valence-corrected chi connectivity index (χ3v) is 6.20. The van der Waals surface area contributed by atoms with Crippen molar-refractivity contribution in [2.45, 2.75) is 26.3 Å². The molecular formula is C21H26FN5O2. The fourth-order valence-electron chi connectivity index (χ4n) is 4.38. The van der Waals surface area contributed by atoms with E-state index in [0.717, 1.165) is 25.9 Å². The Labute approximate surface area is 169 Å². The monoisotopic (exact) mass is 399 g/mol. The van der Waals surface area contributed by atoms with E-state index in [2.05, 4.69) is 10.00 Å². The predicted octanol–water partition coefficient (Wildman–Crippen LogP) is 2.57. The largest absolute Gasteiger partial charge is 0.344 e. The number of halogens is 1. The van der Waals surface area contributed by atoms with E-state index in [1.54, 1.807) is 19.3 Å². The summed E-state index contributed by atoms with van der Waals surface area (Å²) in [5.41, 5.74) is 1.37. The number of hydrogen-bond acceptors (Lipinski definition) is 4. The van der Waals surface area contributed by atoms with E-state index in [9.17, 15) is 14.0 Å². The summed E-state index contributed by atoms with van der Waals surface area (Å²) in [6, 6.07) is 6.73. The molecule has 3 heterocycles. The van der Waals surface area contributed by atoms with E-state index in [1.807, 2.05) is 17.0 Å². The third-order valence-electron chi connectivity index (χ3n) is 6.20. The minimum absolute atomic E-state index is 0.0626. The van der Waals surface area contributed by atoms with Gasteiger partial charge in [-0.3, -0.25) is 9.69 Å². The Morgan fingerprint density at radius 3 is 2.72 bits per heavy atom. The molecule has 2 aliphatic heterocycles. The van der Waals surface area contributed by atoms with Crippen molar-refractivity contribution in [1.82, 2.24) is 19.6 Å². The number of anilines is 1. The minimum atomic E-state index is -0.169. The summed E-state index contributed by atoms with van der Waals surface area (Å²) in [7, 11) is 1.65. The Kier molecular flexibility index (Phi) is 5.12. The molecule has 0 saturated carbocycles. The molecule has 4 rings (SSSR count). The van der Waals surface area contributed by atoms with Crippen molar-refractivity contribution in [3.8, 4) is 0 Å². The zero-order chi connectivity index (χ0) is 20.6. The summed E-state index contributed by atoms with van der Waals surface area (Å²) in [6.45, 7) is 5.20. The molecule has 0 radical (unpaired) electrons. The molecule has 0 N–H and O–H groups in total. The van der Waals surface area contributed by atoms with Gasteiger partial charge in [-0.25, -0.2) is 9.18 Å². The molecular weight excluding hydrogens is 373 g/mol. The number of nitrogens with zero attached hydrogens (tertiary/aromatic N) is 5. The normalized spacial score (nSPS) is 21.8. The van der Waals surface area contributed by atoms with Gasteiger partial charge in [-0.05, 0) is 25.5 Å². The molecule has 1 aromatic carbocycles. The van der Waals surface area contributed by atoms with Crippen LogP contribution in [0.1, 0.15) is 25.3 Å². The molecule has 1 unspecified atom stereocenters. The van der Waals surface area contributed by atoms with Crippen molar-refractivity contribution >= 4 is 17.6 Å². The van der Waals surface area contributed by atoms with Crippen LogP contribution in [-0.2, 0) is 11.3 Å². The summed E-state index contributed by atoms with van der Waals surface area (Å²) in [5, 5.41) is 4.14. The van der Waals surface area contributed by atoms with Crippen LogP contribution in [-0.4, -0.2) is 64.7 Å². The number of carbonyl (C=O) groups is 2. The van der Waals surface area contributed by atoms with Crippen molar-refractivity contribution in [3.05, 3.63) is 48.0 Å². The lowest BCUT2D eigenvalue weighted by Gasteiger charge is -2.24. The van der Waals surface area contributed by atoms with Gasteiger partial charge in [0.25, 0.3) is 0 Å². The first-order valence-corrected chi connectivity index (χ1v) is 9.91. The Morgan fingerprint density at radius 1 is 1.21 bits per heavy atom. The van der Waals surface area contributed by atoms with Gasteiger partial charge in [0, 0.05) is 51.1 Å². The number of hydrogen-bond donors (Lipinski definition) is 0. The molecule has 0 bridgehead atoms. The number of amides is 2. The van der Waals surface area contributed by atoms with E-state index in [-0.39, 0.29) is 23.2 Å². The predicted molar refractivity (Wildman–Crippen MR) is 107 cm³/mol. The molecule has 2 aliphatic rings. The molecule has 2 aromatic rings. The van der Waals surface area contributed by atoms with Gasteiger partial charge in [0.2, 0.25) is 5.91 Å². The second-order valence-electron chi connectivity index (χ2n) is 8.23. The fraction of sp³-hybridized carbons (Fsp3) is 0.476. The van der Waals surface area contributed by atoms with E-state index in [4.69, 9.17) is 0 Å². The van der Waals surface area contributed by atoms with Gasteiger partial charge in [-0.2, -0.15) is 9.78 Å². The van der Waals surface area contributed by atoms with E-state index < -0.39 is 0 Å². The number of carbonyl (C=O) groups excluding carboxylic acids is 2. The maximum absolute atomic E-state index is 14.0. The van der Waals surface area contributed by atoms with E-state index in [0.29, 0.717) is 30.9 Å². The summed E-state index contributed by atoms with van der Waals surface area (Å²) in [6.07, 6.45) is 5.06. The lowest BCUT2D eigenvalue weighted by atomic mass is 9.86. The number of aromatic nitrogens is 2. The number of benzene rings is 1. The quantitative estimate of drug-likeness (QED) is 0.796. The van der Waals surface area contributed by atoms with Crippen molar-refractivity contribution in [2.75, 3.05) is 38.1 Å². The van der Waals surface area contributed by atoms with Gasteiger partial charge < -0.3 is 9.80 Å². The lowest BCUT2D eigenvalue weighted by molar-refractivity contribution is -0.116. The molecule has 1 aromatic heterocycles. The molecule has 2 amide bonds. The Balaban J connectivity index is 1.38. The fourth-order valence-corrected chi connectivity index (χ4v) is 4.38. The van der Waals surface area contributed by atoms with Crippen LogP contribution in [0.25, 0.3) is 0 Å². The Bertz CT molecular complexity index is 929. The minimum Gasteiger partial charge on any atom is -0.322 e. The highest BCUT2D eigenvalue weighted by Gasteiger charge is 2.45. The van der Waals surface area contributed by atoms with Gasteiger partial charge in [0.05, 0.1) is 18.1 Å². The maximum Gasteiger partial charge on any atom is 0.344 e. The van der Waals surface area contributed by atoms with Gasteiger partial charge in [-0.1, -0.05) is 18.2 Å². The second-order valence-corrected chi connectivity index (χ2v) is 8.23. The summed E-state index contributed by atoms with van der Waals surface area (Å²) < 4.78 is 15.3. The Morgan fingerprint density at radius 2 is 1.97 bits per heavy atom. The summed E-state index contributed by atoms with van der Waals surface area (Å²) in [5.74, 6) is -0.278. The van der Waals surface area contributed by atoms with Crippen LogP contribution < -0.4 is 4.90 Å². The van der Waals surface area contributed by atoms with Crippen LogP contribution in [0.4, 0.5) is 14.9 Å². The van der Waals surface area contributed by atoms with Crippen molar-refractivity contribution in [2.24, 2.45) is 5.41 Å². The highest BCUT2D eigenvalue weighted by atomic mass is 19.1. The average molecular weight is 399 g/mol. The molecule has 0 aliphatic carbocycles. The van der Waals surface area contributed by atoms with Gasteiger partial charge >= 0.3 is 6.03 Å². The van der Waals surface area contributed by atoms with Crippen LogP contribution in [0.2, 0.25) is 0 Å². The van der Waals surface area contributed by atoms with Gasteiger partial charge in [0.1, 0.15) is 5.82 Å². The Hall–Kier alpha value is -2.74. The van der Waals surface area contributed by atoms with Gasteiger partial charge in [-0.15, -0.1) is 0 Å². The lowest BCUT2D eigenvalue weighted by Crippen LogP contribution is -2.36. The smallest absolute Gasteiger partial charge is 0.322 e. The molecule has 1 atom stereocenters. The standard InChI is InChI=1S/C21H26FN5O2/c1-16(28)24(2)18-11-23-27(13-18)20(29)26-10-8-21(15-26)7-9-25(14-21)12-17-5-3-4-6-19(17)22/h3-6,11,13H,7-10,12,14-15H2,1-2H3. The third kappa shape index (κ3) is 3.89. The molecule has 7 nitrogen and oxygen atoms in total. The molecule has 29 heavy (non-hydrogen) atoms. The van der Waals surface area contributed by atoms with Crippen LogP contribution >= 0.6 is 0 Å². The van der Waals surface area contributed by atoms with Crippen LogP contribution in [0.3, 0.4) is 0 Å². The van der Waals surface area contributed by atoms with Crippen LogP contribution in [0, 0.1) is 11.2 Å². The molecule has 2 fully saturated rings. The highest BCUT2D eigenvalue weighted by Crippen LogP contribution is 2.40. The zero-order valence-corrected chi connectivity index (χ0v) is 16.8. The molecule has 2 saturated heterocycles. The topological polar surface area (TPSA) is 61.7 Å². The average Bonchev–Trinajstić information content (AvgIpc) is 3.43. The maximum atomic E-state index is 14.0. The summed E-state index contributed by atoms with van der Waals surface area (Å²) in [4.78, 5) is 29.9. The highest BCUT2D eigenvalue weighted by molar-refractivity contribution is 5.91. The van der Waals surface area contributed by atoms with Crippen molar-refractivity contribution < 1.29 is 14.0 Å². The van der Waals surface area contributed by atoms with Crippen LogP contribution in [0.15, 0.2) is 36.7 Å². The van der Waals surface area contributed by atoms with Crippen molar-refractivity contribution in [3.63, 3.8) is 0 Å². The molecule has 1 spiro atoms. The van der Waals surface area contributed by atoms with E-state index >= 15 is 0 Å². The van der Waals surface area contributed by atoms with Gasteiger partial charge in [0.15, 0.2) is 0 Å². The number of rotatable bonds is 3. The molecule has 8 heteroatoms. The van der Waals surface area contributed by atoms with E-state index in [1.165, 1.54) is 28.8 Å². The first-order valence-electron chi connectivity index (χ1n) is 9.91. The SMILES string of the molecule is CC(=O)N(C)c1cnn(C(=O)N2CCC3(CCN(Cc4ccccc4F)C3)C2)c1.